The number of amides is 2. The van der Waals surface area contributed by atoms with E-state index in [0.29, 0.717) is 5.16 Å². The molecule has 23 heavy (non-hydrogen) atoms. The molecule has 0 radical (unpaired) electrons. The highest BCUT2D eigenvalue weighted by atomic mass is 32.2. The van der Waals surface area contributed by atoms with Gasteiger partial charge in [-0.05, 0) is 31.0 Å². The van der Waals surface area contributed by atoms with E-state index in [1.54, 1.807) is 17.9 Å². The van der Waals surface area contributed by atoms with Crippen molar-refractivity contribution in [3.8, 4) is 0 Å². The number of aryl methyl sites for hydroxylation is 2. The van der Waals surface area contributed by atoms with Gasteiger partial charge in [-0.15, -0.1) is 10.2 Å². The summed E-state index contributed by atoms with van der Waals surface area (Å²) in [6.45, 7) is 3.86. The Morgan fingerprint density at radius 3 is 2.74 bits per heavy atom. The molecule has 2 amide bonds. The summed E-state index contributed by atoms with van der Waals surface area (Å²) >= 11 is 1.27. The number of nitrogens with zero attached hydrogens (tertiary/aromatic N) is 3. The molecule has 7 nitrogen and oxygen atoms in total. The molecule has 0 aliphatic carbocycles. The normalized spacial score (nSPS) is 10.4. The maximum absolute atomic E-state index is 11.9. The highest BCUT2D eigenvalue weighted by molar-refractivity contribution is 7.99. The molecule has 0 bridgehead atoms. The summed E-state index contributed by atoms with van der Waals surface area (Å²) in [4.78, 5) is 23.7. The summed E-state index contributed by atoms with van der Waals surface area (Å²) in [5.41, 5.74) is 2.88. The second-order valence-corrected chi connectivity index (χ2v) is 6.03. The summed E-state index contributed by atoms with van der Waals surface area (Å²) in [7, 11) is 1.80. The summed E-state index contributed by atoms with van der Waals surface area (Å²) in [5.74, 6) is -0.298. The van der Waals surface area contributed by atoms with Crippen LogP contribution in [0.5, 0.6) is 0 Å². The Hall–Kier alpha value is -2.35. The Bertz CT molecular complexity index is 714. The molecule has 2 aromatic rings. The molecule has 1 aromatic carbocycles. The first-order valence-electron chi connectivity index (χ1n) is 7.07. The third-order valence-corrected chi connectivity index (χ3v) is 4.36. The molecule has 0 aliphatic rings. The Labute approximate surface area is 138 Å². The monoisotopic (exact) mass is 333 g/mol. The molecule has 8 heteroatoms. The van der Waals surface area contributed by atoms with Crippen molar-refractivity contribution in [3.05, 3.63) is 35.7 Å². The van der Waals surface area contributed by atoms with Crippen molar-refractivity contribution < 1.29 is 9.59 Å². The van der Waals surface area contributed by atoms with Crippen molar-refractivity contribution in [2.24, 2.45) is 7.05 Å². The number of aromatic nitrogens is 3. The van der Waals surface area contributed by atoms with Crippen LogP contribution in [0.2, 0.25) is 0 Å². The van der Waals surface area contributed by atoms with Crippen LogP contribution in [0.25, 0.3) is 0 Å². The zero-order valence-corrected chi connectivity index (χ0v) is 14.1. The second kappa shape index (κ2) is 7.77. The minimum Gasteiger partial charge on any atom is -0.346 e. The van der Waals surface area contributed by atoms with Crippen LogP contribution in [-0.2, 0) is 16.6 Å². The summed E-state index contributed by atoms with van der Waals surface area (Å²) in [6.07, 6.45) is 1.57. The molecule has 0 saturated carbocycles. The van der Waals surface area contributed by atoms with Gasteiger partial charge in [-0.2, -0.15) is 0 Å². The van der Waals surface area contributed by atoms with E-state index in [4.69, 9.17) is 0 Å². The Morgan fingerprint density at radius 2 is 2.04 bits per heavy atom. The van der Waals surface area contributed by atoms with Gasteiger partial charge in [0.2, 0.25) is 11.8 Å². The molecule has 0 atom stereocenters. The maximum Gasteiger partial charge on any atom is 0.243 e. The second-order valence-electron chi connectivity index (χ2n) is 5.09. The zero-order chi connectivity index (χ0) is 16.8. The van der Waals surface area contributed by atoms with Crippen molar-refractivity contribution in [1.29, 1.82) is 0 Å². The van der Waals surface area contributed by atoms with Crippen LogP contribution in [0.1, 0.15) is 11.1 Å². The third kappa shape index (κ3) is 4.82. The fraction of sp³-hybridized carbons (Fsp3) is 0.333. The Morgan fingerprint density at radius 1 is 1.26 bits per heavy atom. The van der Waals surface area contributed by atoms with Gasteiger partial charge in [-0.25, -0.2) is 0 Å². The van der Waals surface area contributed by atoms with Gasteiger partial charge in [0.1, 0.15) is 6.33 Å². The Kier molecular flexibility index (Phi) is 5.75. The van der Waals surface area contributed by atoms with Gasteiger partial charge >= 0.3 is 0 Å². The van der Waals surface area contributed by atoms with Crippen LogP contribution >= 0.6 is 11.8 Å². The van der Waals surface area contributed by atoms with E-state index >= 15 is 0 Å². The topological polar surface area (TPSA) is 88.9 Å². The number of anilines is 1. The highest BCUT2D eigenvalue weighted by Crippen LogP contribution is 2.17. The number of carbonyl (C=O) groups excluding carboxylic acids is 2. The van der Waals surface area contributed by atoms with Crippen LogP contribution in [0.3, 0.4) is 0 Å². The van der Waals surface area contributed by atoms with Crippen molar-refractivity contribution in [2.75, 3.05) is 17.6 Å². The lowest BCUT2D eigenvalue weighted by Crippen LogP contribution is -2.34. The van der Waals surface area contributed by atoms with Gasteiger partial charge in [0.15, 0.2) is 5.16 Å². The molecular weight excluding hydrogens is 314 g/mol. The fourth-order valence-electron chi connectivity index (χ4n) is 1.84. The quantitative estimate of drug-likeness (QED) is 0.777. The molecule has 2 rings (SSSR count). The van der Waals surface area contributed by atoms with Crippen molar-refractivity contribution in [3.63, 3.8) is 0 Å². The lowest BCUT2D eigenvalue weighted by Gasteiger charge is -2.10. The van der Waals surface area contributed by atoms with Gasteiger partial charge in [0.25, 0.3) is 0 Å². The Balaban J connectivity index is 1.76. The minimum absolute atomic E-state index is 0.0639. The minimum atomic E-state index is -0.254. The van der Waals surface area contributed by atoms with Gasteiger partial charge in [0.05, 0.1) is 12.3 Å². The van der Waals surface area contributed by atoms with Gasteiger partial charge in [-0.1, -0.05) is 23.9 Å². The zero-order valence-electron chi connectivity index (χ0n) is 13.3. The molecule has 0 aliphatic heterocycles. The predicted molar refractivity (Wildman–Crippen MR) is 89.3 cm³/mol. The molecule has 0 spiro atoms. The van der Waals surface area contributed by atoms with Crippen molar-refractivity contribution >= 4 is 29.3 Å². The predicted octanol–water partition coefficient (Wildman–Crippen LogP) is 1.28. The number of carbonyl (C=O) groups is 2. The number of nitrogens with one attached hydrogen (secondary N) is 2. The van der Waals surface area contributed by atoms with E-state index in [1.807, 2.05) is 32.0 Å². The molecule has 0 saturated heterocycles. The molecule has 122 valence electrons. The number of benzene rings is 1. The molecule has 0 unspecified atom stereocenters. The SMILES string of the molecule is Cc1cccc(NC(=O)CNC(=O)CSc2nncn2C)c1C. The van der Waals surface area contributed by atoms with Crippen LogP contribution < -0.4 is 10.6 Å². The fourth-order valence-corrected chi connectivity index (χ4v) is 2.56. The first-order valence-corrected chi connectivity index (χ1v) is 8.05. The van der Waals surface area contributed by atoms with Crippen LogP contribution in [0.4, 0.5) is 5.69 Å². The summed E-state index contributed by atoms with van der Waals surface area (Å²) in [6, 6.07) is 5.70. The average molecular weight is 333 g/mol. The number of rotatable bonds is 6. The molecule has 1 heterocycles. The van der Waals surface area contributed by atoms with Crippen LogP contribution in [0, 0.1) is 13.8 Å². The van der Waals surface area contributed by atoms with Crippen LogP contribution in [-0.4, -0.2) is 38.9 Å². The number of hydrogen-bond acceptors (Lipinski definition) is 5. The van der Waals surface area contributed by atoms with Crippen molar-refractivity contribution in [2.45, 2.75) is 19.0 Å². The van der Waals surface area contributed by atoms with Crippen molar-refractivity contribution in [1.82, 2.24) is 20.1 Å². The molecule has 1 aromatic heterocycles. The molecular formula is C15H19N5O2S. The molecule has 2 N–H and O–H groups in total. The summed E-state index contributed by atoms with van der Waals surface area (Å²) in [5, 5.41) is 13.6. The van der Waals surface area contributed by atoms with Gasteiger partial charge < -0.3 is 15.2 Å². The van der Waals surface area contributed by atoms with E-state index in [-0.39, 0.29) is 24.1 Å². The first kappa shape index (κ1) is 17.0. The highest BCUT2D eigenvalue weighted by Gasteiger charge is 2.10. The van der Waals surface area contributed by atoms with Gasteiger partial charge in [-0.3, -0.25) is 9.59 Å². The average Bonchev–Trinajstić information content (AvgIpc) is 2.93. The lowest BCUT2D eigenvalue weighted by atomic mass is 10.1. The van der Waals surface area contributed by atoms with Crippen LogP contribution in [0.15, 0.2) is 29.7 Å². The van der Waals surface area contributed by atoms with E-state index in [9.17, 15) is 9.59 Å². The smallest absolute Gasteiger partial charge is 0.243 e. The van der Waals surface area contributed by atoms with E-state index < -0.39 is 0 Å². The standard InChI is InChI=1S/C15H19N5O2S/c1-10-5-4-6-12(11(10)2)18-13(21)7-16-14(22)8-23-15-19-17-9-20(15)3/h4-6,9H,7-8H2,1-3H3,(H,16,22)(H,18,21). The summed E-state index contributed by atoms with van der Waals surface area (Å²) < 4.78 is 1.73. The van der Waals surface area contributed by atoms with E-state index in [0.717, 1.165) is 16.8 Å². The molecule has 0 fully saturated rings. The number of hydrogen-bond donors (Lipinski definition) is 2. The van der Waals surface area contributed by atoms with E-state index in [1.165, 1.54) is 11.8 Å². The maximum atomic E-state index is 11.9. The van der Waals surface area contributed by atoms with Gasteiger partial charge in [0, 0.05) is 12.7 Å². The lowest BCUT2D eigenvalue weighted by molar-refractivity contribution is -0.122. The first-order chi connectivity index (χ1) is 11.0. The third-order valence-electron chi connectivity index (χ3n) is 3.33. The number of thioether (sulfide) groups is 1. The largest absolute Gasteiger partial charge is 0.346 e. The van der Waals surface area contributed by atoms with E-state index in [2.05, 4.69) is 20.8 Å².